The van der Waals surface area contributed by atoms with Crippen molar-refractivity contribution >= 4 is 32.4 Å². The lowest BCUT2D eigenvalue weighted by Gasteiger charge is -2.29. The molecule has 0 radical (unpaired) electrons. The summed E-state index contributed by atoms with van der Waals surface area (Å²) in [4.78, 5) is 16.7. The third kappa shape index (κ3) is 4.65. The van der Waals surface area contributed by atoms with Gasteiger partial charge in [-0.3, -0.25) is 4.98 Å². The average Bonchev–Trinajstić information content (AvgIpc) is 3.15. The highest BCUT2D eigenvalue weighted by Gasteiger charge is 2.35. The Morgan fingerprint density at radius 2 is 1.97 bits per heavy atom. The van der Waals surface area contributed by atoms with E-state index in [0.29, 0.717) is 22.0 Å². The van der Waals surface area contributed by atoms with Gasteiger partial charge in [0.25, 0.3) is 0 Å². The number of carbonyl (C=O) groups is 1. The van der Waals surface area contributed by atoms with Crippen molar-refractivity contribution in [1.29, 1.82) is 0 Å². The number of aromatic nitrogens is 2. The molecule has 1 amide bonds. The van der Waals surface area contributed by atoms with Gasteiger partial charge >= 0.3 is 12.3 Å². The summed E-state index contributed by atoms with van der Waals surface area (Å²) in [5.74, 6) is -0.281. The molecule has 180 valence electrons. The topological polar surface area (TPSA) is 92.5 Å². The van der Waals surface area contributed by atoms with Gasteiger partial charge in [0.2, 0.25) is 0 Å². The smallest absolute Gasteiger partial charge is 0.418 e. The number of pyridine rings is 1. The normalized spacial score (nSPS) is 17.1. The highest BCUT2D eigenvalue weighted by molar-refractivity contribution is 7.90. The first-order chi connectivity index (χ1) is 15.8. The highest BCUT2D eigenvalue weighted by atomic mass is 32.2. The molecule has 1 aliphatic heterocycles. The molecule has 0 bridgehead atoms. The Balaban J connectivity index is 1.70. The molecular formula is C23H22F3N3O4S. The van der Waals surface area contributed by atoms with E-state index in [2.05, 4.69) is 4.98 Å². The molecule has 1 unspecified atom stereocenters. The zero-order valence-electron chi connectivity index (χ0n) is 18.4. The molecule has 0 saturated heterocycles. The van der Waals surface area contributed by atoms with Gasteiger partial charge in [0.05, 0.1) is 22.7 Å². The summed E-state index contributed by atoms with van der Waals surface area (Å²) in [6, 6.07) is 7.19. The number of fused-ring (bicyclic) bond motifs is 1. The van der Waals surface area contributed by atoms with Crippen LogP contribution in [0.15, 0.2) is 53.7 Å². The van der Waals surface area contributed by atoms with Crippen molar-refractivity contribution in [2.45, 2.75) is 24.5 Å². The minimum absolute atomic E-state index is 0.100. The van der Waals surface area contributed by atoms with Gasteiger partial charge in [0, 0.05) is 42.6 Å². The second kappa shape index (κ2) is 8.46. The maximum absolute atomic E-state index is 14.0. The number of halogens is 3. The van der Waals surface area contributed by atoms with Gasteiger partial charge in [-0.1, -0.05) is 13.0 Å². The first kappa shape index (κ1) is 23.8. The lowest BCUT2D eigenvalue weighted by molar-refractivity contribution is -0.138. The molecule has 7 nitrogen and oxygen atoms in total. The van der Waals surface area contributed by atoms with Crippen molar-refractivity contribution in [2.75, 3.05) is 19.3 Å². The molecule has 4 rings (SSSR count). The van der Waals surface area contributed by atoms with E-state index in [1.54, 1.807) is 35.9 Å². The van der Waals surface area contributed by atoms with E-state index in [-0.39, 0.29) is 36.1 Å². The van der Waals surface area contributed by atoms with Gasteiger partial charge in [-0.05, 0) is 47.4 Å². The Kier molecular flexibility index (Phi) is 5.92. The Hall–Kier alpha value is -3.34. The number of alkyl halides is 3. The van der Waals surface area contributed by atoms with Gasteiger partial charge in [-0.2, -0.15) is 13.2 Å². The van der Waals surface area contributed by atoms with E-state index in [9.17, 15) is 26.4 Å². The number of carboxylic acid groups (broad SMARTS) is 1. The van der Waals surface area contributed by atoms with Crippen molar-refractivity contribution in [3.05, 3.63) is 65.6 Å². The summed E-state index contributed by atoms with van der Waals surface area (Å²) in [5, 5.41) is 9.75. The van der Waals surface area contributed by atoms with Crippen LogP contribution in [0.3, 0.4) is 0 Å². The Morgan fingerprint density at radius 1 is 1.24 bits per heavy atom. The van der Waals surface area contributed by atoms with E-state index in [1.165, 1.54) is 23.2 Å². The predicted octanol–water partition coefficient (Wildman–Crippen LogP) is 4.52. The van der Waals surface area contributed by atoms with Crippen molar-refractivity contribution in [1.82, 2.24) is 14.5 Å². The number of rotatable bonds is 4. The predicted molar refractivity (Wildman–Crippen MR) is 120 cm³/mol. The summed E-state index contributed by atoms with van der Waals surface area (Å²) in [5.41, 5.74) is 0.486. The Labute approximate surface area is 194 Å². The highest BCUT2D eigenvalue weighted by Crippen LogP contribution is 2.36. The zero-order chi connectivity index (χ0) is 24.8. The van der Waals surface area contributed by atoms with Gasteiger partial charge in [-0.25, -0.2) is 13.2 Å². The van der Waals surface area contributed by atoms with Gasteiger partial charge < -0.3 is 14.6 Å². The molecule has 34 heavy (non-hydrogen) atoms. The number of benzene rings is 1. The molecule has 1 N–H and O–H groups in total. The summed E-state index contributed by atoms with van der Waals surface area (Å²) in [6.45, 7) is 1.90. The fourth-order valence-corrected chi connectivity index (χ4v) is 4.86. The summed E-state index contributed by atoms with van der Waals surface area (Å²) < 4.78 is 67.1. The third-order valence-electron chi connectivity index (χ3n) is 5.93. The standard InChI is InChI=1S/C23H22F3N3O4S/c1-14-12-29(22(30)31)8-6-18(14)16-10-19(23(24,25)26)20(27-11-16)13-28-7-5-15-9-17(34(2,32)33)3-4-21(15)28/h3-7,9-11,14H,8,12-13H2,1-2H3,(H,30,31). The molecule has 0 fully saturated rings. The van der Waals surface area contributed by atoms with Crippen molar-refractivity contribution in [2.24, 2.45) is 5.92 Å². The molecule has 1 aromatic carbocycles. The van der Waals surface area contributed by atoms with E-state index < -0.39 is 27.7 Å². The molecule has 11 heteroatoms. The lowest BCUT2D eigenvalue weighted by Crippen LogP contribution is -2.37. The van der Waals surface area contributed by atoms with E-state index in [0.717, 1.165) is 12.3 Å². The number of hydrogen-bond donors (Lipinski definition) is 1. The largest absolute Gasteiger partial charge is 0.465 e. The van der Waals surface area contributed by atoms with Crippen LogP contribution in [0, 0.1) is 5.92 Å². The van der Waals surface area contributed by atoms with Crippen LogP contribution in [0.5, 0.6) is 0 Å². The average molecular weight is 494 g/mol. The minimum atomic E-state index is -4.64. The van der Waals surface area contributed by atoms with Crippen LogP contribution in [0.25, 0.3) is 16.5 Å². The number of sulfone groups is 1. The van der Waals surface area contributed by atoms with Crippen LogP contribution in [-0.4, -0.2) is 53.4 Å². The molecule has 0 spiro atoms. The number of hydrogen-bond acceptors (Lipinski definition) is 4. The van der Waals surface area contributed by atoms with Gasteiger partial charge in [0.15, 0.2) is 9.84 Å². The summed E-state index contributed by atoms with van der Waals surface area (Å²) in [6.07, 6.45) is -0.0214. The fourth-order valence-electron chi connectivity index (χ4n) is 4.20. The Bertz CT molecular complexity index is 1410. The molecule has 3 aromatic rings. The van der Waals surface area contributed by atoms with Crippen LogP contribution in [-0.2, 0) is 22.6 Å². The number of nitrogens with zero attached hydrogens (tertiary/aromatic N) is 3. The second-order valence-electron chi connectivity index (χ2n) is 8.40. The SMILES string of the molecule is CC1CN(C(=O)O)CC=C1c1cnc(Cn2ccc3cc(S(C)(=O)=O)ccc32)c(C(F)(F)F)c1. The van der Waals surface area contributed by atoms with Crippen molar-refractivity contribution in [3.63, 3.8) is 0 Å². The first-order valence-electron chi connectivity index (χ1n) is 10.4. The summed E-state index contributed by atoms with van der Waals surface area (Å²) >= 11 is 0. The minimum Gasteiger partial charge on any atom is -0.465 e. The molecule has 2 aromatic heterocycles. The van der Waals surface area contributed by atoms with Gasteiger partial charge in [0.1, 0.15) is 0 Å². The van der Waals surface area contributed by atoms with Crippen molar-refractivity contribution in [3.8, 4) is 0 Å². The number of amides is 1. The van der Waals surface area contributed by atoms with Crippen molar-refractivity contribution < 1.29 is 31.5 Å². The van der Waals surface area contributed by atoms with Crippen LogP contribution in [0.2, 0.25) is 0 Å². The molecule has 1 aliphatic rings. The van der Waals surface area contributed by atoms with Crippen LogP contribution < -0.4 is 0 Å². The first-order valence-corrected chi connectivity index (χ1v) is 12.3. The fraction of sp³-hybridized carbons (Fsp3) is 0.304. The molecule has 3 heterocycles. The van der Waals surface area contributed by atoms with E-state index >= 15 is 0 Å². The van der Waals surface area contributed by atoms with Gasteiger partial charge in [-0.15, -0.1) is 0 Å². The van der Waals surface area contributed by atoms with Crippen LogP contribution >= 0.6 is 0 Å². The monoisotopic (exact) mass is 493 g/mol. The van der Waals surface area contributed by atoms with E-state index in [1.807, 2.05) is 0 Å². The maximum atomic E-state index is 14.0. The van der Waals surface area contributed by atoms with Crippen LogP contribution in [0.1, 0.15) is 23.7 Å². The second-order valence-corrected chi connectivity index (χ2v) is 10.4. The van der Waals surface area contributed by atoms with E-state index in [4.69, 9.17) is 5.11 Å². The molecular weight excluding hydrogens is 471 g/mol. The Morgan fingerprint density at radius 3 is 2.59 bits per heavy atom. The zero-order valence-corrected chi connectivity index (χ0v) is 19.2. The third-order valence-corrected chi connectivity index (χ3v) is 7.04. The molecule has 0 saturated carbocycles. The molecule has 1 atom stereocenters. The quantitative estimate of drug-likeness (QED) is 0.577. The van der Waals surface area contributed by atoms with Crippen LogP contribution in [0.4, 0.5) is 18.0 Å². The lowest BCUT2D eigenvalue weighted by atomic mass is 9.90. The summed E-state index contributed by atoms with van der Waals surface area (Å²) in [7, 11) is -3.41. The molecule has 0 aliphatic carbocycles. The maximum Gasteiger partial charge on any atom is 0.418 e.